The molecule has 186 valence electrons. The molecule has 0 aromatic heterocycles. The largest absolute Gasteiger partial charge is 0.462 e. The Balaban J connectivity index is 1.27. The van der Waals surface area contributed by atoms with Crippen LogP contribution in [0.1, 0.15) is 34.0 Å². The van der Waals surface area contributed by atoms with Crippen molar-refractivity contribution in [1.29, 1.82) is 0 Å². The zero-order chi connectivity index (χ0) is 24.8. The number of ether oxygens (including phenoxy) is 1. The number of hydrogen-bond acceptors (Lipinski definition) is 10. The molecule has 0 aliphatic carbocycles. The molecule has 1 saturated heterocycles. The van der Waals surface area contributed by atoms with Gasteiger partial charge in [-0.2, -0.15) is 5.10 Å². The molecule has 1 amide bonds. The van der Waals surface area contributed by atoms with Gasteiger partial charge in [0.2, 0.25) is 5.91 Å². The molecule has 4 rings (SSSR count). The van der Waals surface area contributed by atoms with Crippen molar-refractivity contribution >= 4 is 36.4 Å². The standard InChI is InChI=1S/C23H29N7O4S/c24-26-15-30(25)22-4-1-16(13-27-35-22)11-21(32)29-8-6-28(7-9-29)14-20(31)18-2-3-19-17(12-18)5-10-34-23(19)33/h1-4,12-13,15,20,31H,5-11,14,24-25H2/b26-15-. The number of piperazine rings is 1. The van der Waals surface area contributed by atoms with Gasteiger partial charge in [-0.05, 0) is 28.8 Å². The molecule has 1 atom stereocenters. The van der Waals surface area contributed by atoms with Gasteiger partial charge in [0.05, 0.1) is 24.7 Å². The smallest absolute Gasteiger partial charge is 0.338 e. The SMILES string of the molecule is N/N=C\N(N)C1=CC=C(CC(=O)N2CCN(CC(O)c3ccc4c(c3)CCOC4=O)CC2)C=NS1. The van der Waals surface area contributed by atoms with Gasteiger partial charge in [-0.25, -0.2) is 15.0 Å². The molecule has 3 aliphatic heterocycles. The van der Waals surface area contributed by atoms with E-state index in [9.17, 15) is 14.7 Å². The number of hydrazine groups is 1. The van der Waals surface area contributed by atoms with Crippen LogP contribution in [0.2, 0.25) is 0 Å². The van der Waals surface area contributed by atoms with Crippen molar-refractivity contribution in [3.8, 4) is 0 Å². The Bertz CT molecular complexity index is 1080. The highest BCUT2D eigenvalue weighted by Crippen LogP contribution is 2.24. The lowest BCUT2D eigenvalue weighted by Gasteiger charge is -2.36. The van der Waals surface area contributed by atoms with Crippen molar-refractivity contribution in [2.45, 2.75) is 18.9 Å². The average molecular weight is 500 g/mol. The quantitative estimate of drug-likeness (QED) is 0.122. The van der Waals surface area contributed by atoms with Crippen molar-refractivity contribution in [3.63, 3.8) is 0 Å². The zero-order valence-electron chi connectivity index (χ0n) is 19.2. The monoisotopic (exact) mass is 499 g/mol. The number of rotatable bonds is 7. The fraction of sp³-hybridized carbons (Fsp3) is 0.391. The van der Waals surface area contributed by atoms with E-state index in [1.54, 1.807) is 24.4 Å². The number of nitrogens with zero attached hydrogens (tertiary/aromatic N) is 5. The Morgan fingerprint density at radius 1 is 1.31 bits per heavy atom. The number of cyclic esters (lactones) is 1. The molecule has 3 aliphatic rings. The fourth-order valence-corrected chi connectivity index (χ4v) is 4.71. The van der Waals surface area contributed by atoms with Crippen LogP contribution in [-0.2, 0) is 16.0 Å². The molecular weight excluding hydrogens is 470 g/mol. The average Bonchev–Trinajstić information content (AvgIpc) is 3.10. The number of allylic oxidation sites excluding steroid dienone is 2. The number of aliphatic hydroxyl groups excluding tert-OH is 1. The van der Waals surface area contributed by atoms with Crippen LogP contribution in [-0.4, -0.2) is 83.7 Å². The first kappa shape index (κ1) is 24.9. The van der Waals surface area contributed by atoms with Crippen molar-refractivity contribution in [2.24, 2.45) is 21.2 Å². The lowest BCUT2D eigenvalue weighted by Crippen LogP contribution is -2.49. The maximum absolute atomic E-state index is 12.8. The number of benzene rings is 1. The van der Waals surface area contributed by atoms with E-state index in [1.807, 2.05) is 17.0 Å². The van der Waals surface area contributed by atoms with Gasteiger partial charge in [0.1, 0.15) is 11.4 Å². The predicted octanol–water partition coefficient (Wildman–Crippen LogP) is 0.545. The van der Waals surface area contributed by atoms with E-state index in [0.29, 0.717) is 56.3 Å². The Kier molecular flexibility index (Phi) is 8.18. The highest BCUT2D eigenvalue weighted by atomic mass is 32.2. The molecule has 1 unspecified atom stereocenters. The highest BCUT2D eigenvalue weighted by Gasteiger charge is 2.25. The van der Waals surface area contributed by atoms with Crippen LogP contribution in [0.25, 0.3) is 0 Å². The number of β-amino-alcohol motifs (C(OH)–C–C–N with tert-alkyl or cyclic N) is 1. The van der Waals surface area contributed by atoms with E-state index < -0.39 is 6.10 Å². The van der Waals surface area contributed by atoms with Gasteiger partial charge in [0.25, 0.3) is 0 Å². The Hall–Kier alpha value is -3.19. The Labute approximate surface area is 207 Å². The summed E-state index contributed by atoms with van der Waals surface area (Å²) >= 11 is 1.16. The number of fused-ring (bicyclic) bond motifs is 1. The van der Waals surface area contributed by atoms with Gasteiger partial charge in [0, 0.05) is 57.3 Å². The van der Waals surface area contributed by atoms with E-state index in [0.717, 1.165) is 28.6 Å². The van der Waals surface area contributed by atoms with Crippen molar-refractivity contribution < 1.29 is 19.4 Å². The van der Waals surface area contributed by atoms with Gasteiger partial charge in [0.15, 0.2) is 0 Å². The summed E-state index contributed by atoms with van der Waals surface area (Å²) in [5.41, 5.74) is 3.06. The fourth-order valence-electron chi connectivity index (χ4n) is 4.14. The molecule has 0 bridgehead atoms. The number of nitrogens with two attached hydrogens (primary N) is 2. The maximum Gasteiger partial charge on any atom is 0.338 e. The van der Waals surface area contributed by atoms with Crippen LogP contribution in [0, 0.1) is 0 Å². The molecular formula is C23H29N7O4S. The second-order valence-corrected chi connectivity index (χ2v) is 9.23. The molecule has 5 N–H and O–H groups in total. The lowest BCUT2D eigenvalue weighted by molar-refractivity contribution is -0.132. The van der Waals surface area contributed by atoms with Crippen molar-refractivity contribution in [3.05, 3.63) is 57.6 Å². The minimum Gasteiger partial charge on any atom is -0.462 e. The summed E-state index contributed by atoms with van der Waals surface area (Å²) in [6.07, 6.45) is 6.74. The number of carbonyl (C=O) groups is 2. The normalized spacial score (nSPS) is 19.5. The van der Waals surface area contributed by atoms with Gasteiger partial charge in [-0.1, -0.05) is 18.2 Å². The van der Waals surface area contributed by atoms with Crippen LogP contribution in [0.15, 0.2) is 50.5 Å². The molecule has 1 aromatic carbocycles. The first-order chi connectivity index (χ1) is 16.9. The number of hydrogen-bond donors (Lipinski definition) is 3. The predicted molar refractivity (Wildman–Crippen MR) is 134 cm³/mol. The van der Waals surface area contributed by atoms with Crippen LogP contribution < -0.4 is 11.7 Å². The number of aliphatic hydroxyl groups is 1. The first-order valence-electron chi connectivity index (χ1n) is 11.3. The summed E-state index contributed by atoms with van der Waals surface area (Å²) in [4.78, 5) is 28.6. The summed E-state index contributed by atoms with van der Waals surface area (Å²) in [7, 11) is 0. The van der Waals surface area contributed by atoms with E-state index in [-0.39, 0.29) is 18.3 Å². The lowest BCUT2D eigenvalue weighted by atomic mass is 9.97. The van der Waals surface area contributed by atoms with E-state index in [2.05, 4.69) is 14.4 Å². The summed E-state index contributed by atoms with van der Waals surface area (Å²) < 4.78 is 9.30. The van der Waals surface area contributed by atoms with Crippen LogP contribution in [0.5, 0.6) is 0 Å². The molecule has 12 heteroatoms. The molecule has 1 aromatic rings. The van der Waals surface area contributed by atoms with E-state index >= 15 is 0 Å². The van der Waals surface area contributed by atoms with Crippen LogP contribution in [0.4, 0.5) is 0 Å². The van der Waals surface area contributed by atoms with E-state index in [4.69, 9.17) is 16.4 Å². The topological polar surface area (TPSA) is 150 Å². The second-order valence-electron chi connectivity index (χ2n) is 8.42. The summed E-state index contributed by atoms with van der Waals surface area (Å²) in [5, 5.41) is 16.0. The second kappa shape index (κ2) is 11.5. The summed E-state index contributed by atoms with van der Waals surface area (Å²) in [5.74, 6) is 10.6. The molecule has 0 spiro atoms. The first-order valence-corrected chi connectivity index (χ1v) is 12.1. The number of amides is 1. The Morgan fingerprint density at radius 3 is 2.89 bits per heavy atom. The molecule has 11 nitrogen and oxygen atoms in total. The van der Waals surface area contributed by atoms with Gasteiger partial charge >= 0.3 is 5.97 Å². The number of carbonyl (C=O) groups excluding carboxylic acids is 2. The van der Waals surface area contributed by atoms with Crippen molar-refractivity contribution in [2.75, 3.05) is 39.3 Å². The molecule has 3 heterocycles. The van der Waals surface area contributed by atoms with Gasteiger partial charge < -0.3 is 20.6 Å². The number of esters is 1. The van der Waals surface area contributed by atoms with Crippen molar-refractivity contribution in [1.82, 2.24) is 14.8 Å². The van der Waals surface area contributed by atoms with Crippen LogP contribution in [0.3, 0.4) is 0 Å². The summed E-state index contributed by atoms with van der Waals surface area (Å²) in [6.45, 7) is 3.36. The molecule has 35 heavy (non-hydrogen) atoms. The molecule has 0 saturated carbocycles. The number of hydrazone groups is 1. The summed E-state index contributed by atoms with van der Waals surface area (Å²) in [6, 6.07) is 5.40. The zero-order valence-corrected chi connectivity index (χ0v) is 20.1. The third-order valence-corrected chi connectivity index (χ3v) is 6.85. The van der Waals surface area contributed by atoms with E-state index in [1.165, 1.54) is 11.3 Å². The molecule has 1 fully saturated rings. The van der Waals surface area contributed by atoms with Crippen LogP contribution >= 0.6 is 11.9 Å². The third kappa shape index (κ3) is 6.28. The minimum absolute atomic E-state index is 0.0273. The van der Waals surface area contributed by atoms with Gasteiger partial charge in [-0.3, -0.25) is 14.7 Å². The Morgan fingerprint density at radius 2 is 2.11 bits per heavy atom. The maximum atomic E-state index is 12.8. The highest BCUT2D eigenvalue weighted by molar-refractivity contribution is 8.01. The van der Waals surface area contributed by atoms with Gasteiger partial charge in [-0.15, -0.1) is 0 Å². The third-order valence-electron chi connectivity index (χ3n) is 6.10. The minimum atomic E-state index is -0.669. The molecule has 0 radical (unpaired) electrons.